The molecule has 0 saturated heterocycles. The minimum Gasteiger partial charge on any atom is -0.466 e. The molecule has 4 heteroatoms. The Kier molecular flexibility index (Phi) is 5.64. The van der Waals surface area contributed by atoms with Gasteiger partial charge in [0.05, 0.1) is 7.11 Å². The first-order valence-corrected chi connectivity index (χ1v) is 6.00. The van der Waals surface area contributed by atoms with Crippen LogP contribution in [0, 0.1) is 0 Å². The van der Waals surface area contributed by atoms with Crippen LogP contribution >= 0.6 is 15.9 Å². The highest BCUT2D eigenvalue weighted by atomic mass is 79.9. The number of alkyl halides is 1. The van der Waals surface area contributed by atoms with Gasteiger partial charge in [0.25, 0.3) is 0 Å². The lowest BCUT2D eigenvalue weighted by Crippen LogP contribution is -2.15. The van der Waals surface area contributed by atoms with Gasteiger partial charge in [0.15, 0.2) is 0 Å². The van der Waals surface area contributed by atoms with Crippen molar-refractivity contribution in [3.05, 3.63) is 47.7 Å². The molecule has 0 unspecified atom stereocenters. The molecule has 0 aliphatic rings. The average Bonchev–Trinajstić information content (AvgIpc) is 2.35. The van der Waals surface area contributed by atoms with Crippen molar-refractivity contribution in [3.63, 3.8) is 0 Å². The summed E-state index contributed by atoms with van der Waals surface area (Å²) in [7, 11) is 1.36. The number of nitrogens with one attached hydrogen (secondary N) is 1. The first kappa shape index (κ1) is 12.8. The highest BCUT2D eigenvalue weighted by Crippen LogP contribution is 2.01. The van der Waals surface area contributed by atoms with Gasteiger partial charge in [-0.15, -0.1) is 0 Å². The molecule has 16 heavy (non-hydrogen) atoms. The molecule has 3 nitrogen and oxygen atoms in total. The summed E-state index contributed by atoms with van der Waals surface area (Å²) in [4.78, 5) is 11.0. The maximum absolute atomic E-state index is 11.0. The lowest BCUT2D eigenvalue weighted by atomic mass is 10.2. The third kappa shape index (κ3) is 4.49. The Balaban J connectivity index is 2.52. The number of rotatable bonds is 5. The molecule has 1 rings (SSSR count). The zero-order valence-corrected chi connectivity index (χ0v) is 10.7. The number of esters is 1. The number of hydrogen-bond acceptors (Lipinski definition) is 3. The van der Waals surface area contributed by atoms with Crippen LogP contribution in [-0.4, -0.2) is 18.4 Å². The van der Waals surface area contributed by atoms with Crippen molar-refractivity contribution in [2.24, 2.45) is 0 Å². The van der Waals surface area contributed by atoms with Crippen LogP contribution in [0.2, 0.25) is 0 Å². The van der Waals surface area contributed by atoms with Crippen LogP contribution < -0.4 is 5.32 Å². The van der Waals surface area contributed by atoms with E-state index in [1.165, 1.54) is 18.7 Å². The molecule has 1 aromatic carbocycles. The van der Waals surface area contributed by atoms with Crippen molar-refractivity contribution in [2.75, 3.05) is 12.4 Å². The van der Waals surface area contributed by atoms with E-state index in [-0.39, 0.29) is 5.97 Å². The molecule has 0 spiro atoms. The summed E-state index contributed by atoms with van der Waals surface area (Å²) in [6.45, 7) is 0.690. The molecule has 0 bridgehead atoms. The summed E-state index contributed by atoms with van der Waals surface area (Å²) in [5.41, 5.74) is 1.97. The molecule has 0 saturated carbocycles. The fourth-order valence-electron chi connectivity index (χ4n) is 1.15. The minimum absolute atomic E-state index is 0.352. The van der Waals surface area contributed by atoms with Gasteiger partial charge in [-0.25, -0.2) is 4.79 Å². The van der Waals surface area contributed by atoms with Gasteiger partial charge in [-0.1, -0.05) is 46.3 Å². The van der Waals surface area contributed by atoms with Crippen LogP contribution in [0.25, 0.3) is 0 Å². The van der Waals surface area contributed by atoms with Crippen molar-refractivity contribution in [1.82, 2.24) is 5.32 Å². The number of methoxy groups -OCH3 is 1. The number of allylic oxidation sites excluding steroid dienone is 1. The van der Waals surface area contributed by atoms with Crippen molar-refractivity contribution in [3.8, 4) is 0 Å². The van der Waals surface area contributed by atoms with Crippen molar-refractivity contribution < 1.29 is 9.53 Å². The number of carbonyl (C=O) groups excluding carboxylic acids is 1. The molecule has 0 amide bonds. The highest BCUT2D eigenvalue weighted by molar-refractivity contribution is 9.09. The molecule has 0 radical (unpaired) electrons. The van der Waals surface area contributed by atoms with Gasteiger partial charge >= 0.3 is 5.97 Å². The van der Waals surface area contributed by atoms with E-state index in [2.05, 4.69) is 26.0 Å². The van der Waals surface area contributed by atoms with E-state index >= 15 is 0 Å². The monoisotopic (exact) mass is 283 g/mol. The topological polar surface area (TPSA) is 38.3 Å². The van der Waals surface area contributed by atoms with Crippen LogP contribution in [0.3, 0.4) is 0 Å². The average molecular weight is 284 g/mol. The van der Waals surface area contributed by atoms with E-state index in [1.807, 2.05) is 30.3 Å². The van der Waals surface area contributed by atoms with E-state index < -0.39 is 0 Å². The molecule has 0 aromatic heterocycles. The van der Waals surface area contributed by atoms with Gasteiger partial charge in [-0.2, -0.15) is 0 Å². The Morgan fingerprint density at radius 2 is 2.12 bits per heavy atom. The summed E-state index contributed by atoms with van der Waals surface area (Å²) in [6.07, 6.45) is 1.44. The number of ether oxygens (including phenoxy) is 1. The van der Waals surface area contributed by atoms with Gasteiger partial charge in [0, 0.05) is 23.6 Å². The number of benzene rings is 1. The van der Waals surface area contributed by atoms with E-state index in [9.17, 15) is 4.79 Å². The van der Waals surface area contributed by atoms with Gasteiger partial charge in [0.1, 0.15) is 0 Å². The Bertz CT molecular complexity index is 363. The first-order valence-electron chi connectivity index (χ1n) is 4.88. The van der Waals surface area contributed by atoms with Crippen molar-refractivity contribution >= 4 is 21.9 Å². The largest absolute Gasteiger partial charge is 0.466 e. The molecule has 1 N–H and O–H groups in total. The molecular formula is C12H14BrNO2. The predicted molar refractivity (Wildman–Crippen MR) is 67.2 cm³/mol. The third-order valence-corrected chi connectivity index (χ3v) is 2.60. The minimum atomic E-state index is -0.352. The lowest BCUT2D eigenvalue weighted by Gasteiger charge is -2.07. The van der Waals surface area contributed by atoms with Crippen LogP contribution in [0.1, 0.15) is 5.56 Å². The Morgan fingerprint density at radius 3 is 2.69 bits per heavy atom. The fraction of sp³-hybridized carbons (Fsp3) is 0.250. The van der Waals surface area contributed by atoms with E-state index in [0.29, 0.717) is 11.9 Å². The molecule has 0 atom stereocenters. The first-order chi connectivity index (χ1) is 7.76. The van der Waals surface area contributed by atoms with Gasteiger partial charge in [0.2, 0.25) is 0 Å². The third-order valence-electron chi connectivity index (χ3n) is 2.00. The second-order valence-corrected chi connectivity index (χ2v) is 3.73. The SMILES string of the molecule is COC(=O)/C=C(/CBr)NCc1ccccc1. The molecular weight excluding hydrogens is 270 g/mol. The smallest absolute Gasteiger partial charge is 0.332 e. The van der Waals surface area contributed by atoms with Gasteiger partial charge < -0.3 is 10.1 Å². The highest BCUT2D eigenvalue weighted by Gasteiger charge is 2.00. The molecule has 86 valence electrons. The molecule has 0 fully saturated rings. The van der Waals surface area contributed by atoms with Gasteiger partial charge in [-0.05, 0) is 5.56 Å². The molecule has 0 aliphatic heterocycles. The summed E-state index contributed by atoms with van der Waals surface area (Å²) >= 11 is 3.31. The molecule has 1 aromatic rings. The molecule has 0 aliphatic carbocycles. The Labute approximate surface area is 104 Å². The number of halogens is 1. The second-order valence-electron chi connectivity index (χ2n) is 3.17. The van der Waals surface area contributed by atoms with E-state index in [0.717, 1.165) is 5.70 Å². The van der Waals surface area contributed by atoms with Crippen LogP contribution in [-0.2, 0) is 16.1 Å². The maximum atomic E-state index is 11.0. The second kappa shape index (κ2) is 7.06. The number of hydrogen-bond donors (Lipinski definition) is 1. The van der Waals surface area contributed by atoms with Crippen molar-refractivity contribution in [2.45, 2.75) is 6.54 Å². The van der Waals surface area contributed by atoms with E-state index in [4.69, 9.17) is 0 Å². The molecule has 0 heterocycles. The lowest BCUT2D eigenvalue weighted by molar-refractivity contribution is -0.134. The fourth-order valence-corrected chi connectivity index (χ4v) is 1.51. The normalized spacial score (nSPS) is 11.0. The summed E-state index contributed by atoms with van der Waals surface area (Å²) in [5.74, 6) is -0.352. The Morgan fingerprint density at radius 1 is 1.44 bits per heavy atom. The zero-order chi connectivity index (χ0) is 11.8. The standard InChI is InChI=1S/C12H14BrNO2/c1-16-12(15)7-11(8-13)14-9-10-5-3-2-4-6-10/h2-7,14H,8-9H2,1H3/b11-7-. The van der Waals surface area contributed by atoms with E-state index in [1.54, 1.807) is 0 Å². The van der Waals surface area contributed by atoms with Crippen molar-refractivity contribution in [1.29, 1.82) is 0 Å². The summed E-state index contributed by atoms with van der Waals surface area (Å²) < 4.78 is 4.56. The van der Waals surface area contributed by atoms with Gasteiger partial charge in [-0.3, -0.25) is 0 Å². The predicted octanol–water partition coefficient (Wildman–Crippen LogP) is 2.23. The zero-order valence-electron chi connectivity index (χ0n) is 9.07. The number of carbonyl (C=O) groups is 1. The van der Waals surface area contributed by atoms with Crippen LogP contribution in [0.5, 0.6) is 0 Å². The Hall–Kier alpha value is -1.29. The van der Waals surface area contributed by atoms with Crippen LogP contribution in [0.4, 0.5) is 0 Å². The maximum Gasteiger partial charge on any atom is 0.332 e. The summed E-state index contributed by atoms with van der Waals surface area (Å²) in [5, 5.41) is 3.76. The van der Waals surface area contributed by atoms with Crippen LogP contribution in [0.15, 0.2) is 42.1 Å². The summed E-state index contributed by atoms with van der Waals surface area (Å²) in [6, 6.07) is 9.98. The quantitative estimate of drug-likeness (QED) is 0.512.